The zero-order valence-corrected chi connectivity index (χ0v) is 13.3. The molecule has 0 radical (unpaired) electrons. The van der Waals surface area contributed by atoms with Gasteiger partial charge >= 0.3 is 0 Å². The molecular formula is C15H23FN2O2S. The van der Waals surface area contributed by atoms with Crippen molar-refractivity contribution < 1.29 is 12.8 Å². The molecule has 1 aliphatic heterocycles. The highest BCUT2D eigenvalue weighted by atomic mass is 32.2. The summed E-state index contributed by atoms with van der Waals surface area (Å²) in [5.74, 6) is -0.237. The number of sulfonamides is 1. The van der Waals surface area contributed by atoms with Crippen LogP contribution in [0.3, 0.4) is 0 Å². The van der Waals surface area contributed by atoms with Gasteiger partial charge in [-0.05, 0) is 50.4 Å². The van der Waals surface area contributed by atoms with Gasteiger partial charge in [-0.15, -0.1) is 0 Å². The Balaban J connectivity index is 1.99. The Kier molecular flexibility index (Phi) is 5.35. The fourth-order valence-corrected chi connectivity index (χ4v) is 4.18. The number of halogens is 1. The van der Waals surface area contributed by atoms with Crippen LogP contribution >= 0.6 is 0 Å². The van der Waals surface area contributed by atoms with Crippen LogP contribution in [0.15, 0.2) is 18.2 Å². The average Bonchev–Trinajstić information content (AvgIpc) is 2.41. The molecule has 0 spiro atoms. The Morgan fingerprint density at radius 2 is 2.19 bits per heavy atom. The van der Waals surface area contributed by atoms with Crippen LogP contribution in [0.1, 0.15) is 43.4 Å². The van der Waals surface area contributed by atoms with E-state index in [1.807, 2.05) is 0 Å². The van der Waals surface area contributed by atoms with Crippen molar-refractivity contribution in [3.8, 4) is 0 Å². The molecule has 2 unspecified atom stereocenters. The highest BCUT2D eigenvalue weighted by Crippen LogP contribution is 2.18. The zero-order chi connectivity index (χ0) is 15.5. The maximum atomic E-state index is 13.6. The van der Waals surface area contributed by atoms with Crippen LogP contribution in [0.2, 0.25) is 0 Å². The molecule has 1 aliphatic rings. The molecule has 0 amide bonds. The molecule has 0 aliphatic carbocycles. The van der Waals surface area contributed by atoms with E-state index in [0.717, 1.165) is 25.8 Å². The number of aryl methyl sites for hydroxylation is 1. The average molecular weight is 314 g/mol. The molecular weight excluding hydrogens is 291 g/mol. The normalized spacial score (nSPS) is 21.2. The first-order valence-electron chi connectivity index (χ1n) is 7.37. The standard InChI is InChI=1S/C15H23FN2O2S/c1-11-6-7-13(9-15(11)16)12(2)18-21(19,20)10-14-5-3-4-8-17-14/h6-7,9,12,14,17-18H,3-5,8,10H2,1-2H3. The molecule has 0 saturated carbocycles. The first kappa shape index (κ1) is 16.4. The summed E-state index contributed by atoms with van der Waals surface area (Å²) in [6, 6.07) is 4.39. The molecule has 1 saturated heterocycles. The summed E-state index contributed by atoms with van der Waals surface area (Å²) in [4.78, 5) is 0. The zero-order valence-electron chi connectivity index (χ0n) is 12.5. The molecule has 1 aromatic rings. The van der Waals surface area contributed by atoms with E-state index in [1.165, 1.54) is 6.07 Å². The van der Waals surface area contributed by atoms with Crippen molar-refractivity contribution in [1.29, 1.82) is 0 Å². The third-order valence-corrected chi connectivity index (χ3v) is 5.44. The van der Waals surface area contributed by atoms with Crippen LogP contribution in [0.25, 0.3) is 0 Å². The molecule has 4 nitrogen and oxygen atoms in total. The number of nitrogens with one attached hydrogen (secondary N) is 2. The lowest BCUT2D eigenvalue weighted by atomic mass is 10.1. The molecule has 0 bridgehead atoms. The van der Waals surface area contributed by atoms with Gasteiger partial charge in [0, 0.05) is 12.1 Å². The van der Waals surface area contributed by atoms with Crippen molar-refractivity contribution in [2.75, 3.05) is 12.3 Å². The fourth-order valence-electron chi connectivity index (χ4n) is 2.60. The lowest BCUT2D eigenvalue weighted by molar-refractivity contribution is 0.421. The topological polar surface area (TPSA) is 58.2 Å². The molecule has 1 heterocycles. The molecule has 2 atom stereocenters. The minimum Gasteiger partial charge on any atom is -0.313 e. The first-order valence-corrected chi connectivity index (χ1v) is 9.02. The van der Waals surface area contributed by atoms with Gasteiger partial charge in [-0.25, -0.2) is 17.5 Å². The highest BCUT2D eigenvalue weighted by Gasteiger charge is 2.23. The SMILES string of the molecule is Cc1ccc(C(C)NS(=O)(=O)CC2CCCCN2)cc1F. The molecule has 6 heteroatoms. The summed E-state index contributed by atoms with van der Waals surface area (Å²) in [6.07, 6.45) is 3.05. The quantitative estimate of drug-likeness (QED) is 0.876. The maximum Gasteiger partial charge on any atom is 0.213 e. The summed E-state index contributed by atoms with van der Waals surface area (Å²) in [5.41, 5.74) is 1.19. The van der Waals surface area contributed by atoms with E-state index in [4.69, 9.17) is 0 Å². The summed E-state index contributed by atoms with van der Waals surface area (Å²) >= 11 is 0. The second kappa shape index (κ2) is 6.85. The van der Waals surface area contributed by atoms with Gasteiger partial charge in [0.15, 0.2) is 0 Å². The minimum absolute atomic E-state index is 0.0122. The number of hydrogen-bond donors (Lipinski definition) is 2. The van der Waals surface area contributed by atoms with E-state index in [0.29, 0.717) is 11.1 Å². The largest absolute Gasteiger partial charge is 0.313 e. The van der Waals surface area contributed by atoms with Crippen molar-refractivity contribution in [1.82, 2.24) is 10.0 Å². The van der Waals surface area contributed by atoms with Crippen LogP contribution in [-0.2, 0) is 10.0 Å². The van der Waals surface area contributed by atoms with Crippen molar-refractivity contribution in [2.45, 2.75) is 45.2 Å². The van der Waals surface area contributed by atoms with Crippen LogP contribution in [0, 0.1) is 12.7 Å². The third-order valence-electron chi connectivity index (χ3n) is 3.89. The Labute approximate surface area is 126 Å². The lowest BCUT2D eigenvalue weighted by Gasteiger charge is -2.24. The van der Waals surface area contributed by atoms with Crippen LogP contribution in [0.4, 0.5) is 4.39 Å². The van der Waals surface area contributed by atoms with Gasteiger partial charge in [0.25, 0.3) is 0 Å². The Morgan fingerprint density at radius 1 is 1.43 bits per heavy atom. The molecule has 118 valence electrons. The molecule has 1 fully saturated rings. The van der Waals surface area contributed by atoms with Gasteiger partial charge in [0.2, 0.25) is 10.0 Å². The molecule has 2 rings (SSSR count). The Hall–Kier alpha value is -0.980. The molecule has 2 N–H and O–H groups in total. The summed E-state index contributed by atoms with van der Waals surface area (Å²) in [5, 5.41) is 3.23. The molecule has 0 aromatic heterocycles. The maximum absolute atomic E-state index is 13.6. The van der Waals surface area contributed by atoms with Crippen LogP contribution in [0.5, 0.6) is 0 Å². The number of rotatable bonds is 5. The fraction of sp³-hybridized carbons (Fsp3) is 0.600. The van der Waals surface area contributed by atoms with Gasteiger partial charge in [-0.3, -0.25) is 0 Å². The van der Waals surface area contributed by atoms with E-state index in [2.05, 4.69) is 10.0 Å². The summed E-state index contributed by atoms with van der Waals surface area (Å²) in [7, 11) is -3.39. The van der Waals surface area contributed by atoms with E-state index < -0.39 is 16.1 Å². The first-order chi connectivity index (χ1) is 9.87. The van der Waals surface area contributed by atoms with E-state index >= 15 is 0 Å². The Morgan fingerprint density at radius 3 is 2.81 bits per heavy atom. The van der Waals surface area contributed by atoms with E-state index in [-0.39, 0.29) is 17.6 Å². The molecule has 21 heavy (non-hydrogen) atoms. The van der Waals surface area contributed by atoms with Crippen LogP contribution < -0.4 is 10.0 Å². The highest BCUT2D eigenvalue weighted by molar-refractivity contribution is 7.89. The van der Waals surface area contributed by atoms with Gasteiger partial charge in [-0.1, -0.05) is 18.6 Å². The second-order valence-corrected chi connectivity index (χ2v) is 7.57. The van der Waals surface area contributed by atoms with E-state index in [1.54, 1.807) is 26.0 Å². The van der Waals surface area contributed by atoms with Crippen molar-refractivity contribution in [3.05, 3.63) is 35.1 Å². The number of piperidine rings is 1. The van der Waals surface area contributed by atoms with Crippen LogP contribution in [-0.4, -0.2) is 26.8 Å². The summed E-state index contributed by atoms with van der Waals surface area (Å²) < 4.78 is 40.6. The van der Waals surface area contributed by atoms with Crippen molar-refractivity contribution >= 4 is 10.0 Å². The predicted octanol–water partition coefficient (Wildman–Crippen LogP) is 2.26. The third kappa shape index (κ3) is 4.76. The van der Waals surface area contributed by atoms with Gasteiger partial charge < -0.3 is 5.32 Å². The van der Waals surface area contributed by atoms with Crippen molar-refractivity contribution in [3.63, 3.8) is 0 Å². The minimum atomic E-state index is -3.39. The van der Waals surface area contributed by atoms with E-state index in [9.17, 15) is 12.8 Å². The lowest BCUT2D eigenvalue weighted by Crippen LogP contribution is -2.43. The van der Waals surface area contributed by atoms with Gasteiger partial charge in [0.05, 0.1) is 5.75 Å². The smallest absolute Gasteiger partial charge is 0.213 e. The van der Waals surface area contributed by atoms with Gasteiger partial charge in [-0.2, -0.15) is 0 Å². The Bertz CT molecular complexity index is 583. The number of benzene rings is 1. The number of hydrogen-bond acceptors (Lipinski definition) is 3. The van der Waals surface area contributed by atoms with Gasteiger partial charge in [0.1, 0.15) is 5.82 Å². The predicted molar refractivity (Wildman–Crippen MR) is 82.1 cm³/mol. The monoisotopic (exact) mass is 314 g/mol. The summed E-state index contributed by atoms with van der Waals surface area (Å²) in [6.45, 7) is 4.29. The van der Waals surface area contributed by atoms with Crippen molar-refractivity contribution in [2.24, 2.45) is 0 Å². The molecule has 1 aromatic carbocycles. The second-order valence-electron chi connectivity index (χ2n) is 5.78.